The van der Waals surface area contributed by atoms with Crippen LogP contribution in [0.4, 0.5) is 17.1 Å². The van der Waals surface area contributed by atoms with Crippen molar-refractivity contribution in [3.8, 4) is 11.1 Å². The van der Waals surface area contributed by atoms with Gasteiger partial charge in [0.2, 0.25) is 0 Å². The van der Waals surface area contributed by atoms with Crippen molar-refractivity contribution in [2.75, 3.05) is 4.90 Å². The Balaban J connectivity index is 1.29. The minimum atomic E-state index is -0.117. The maximum absolute atomic E-state index is 6.71. The van der Waals surface area contributed by atoms with E-state index in [9.17, 15) is 0 Å². The quantitative estimate of drug-likeness (QED) is 0.190. The SMILES string of the molecule is CC(C)(C)c1cc(C(C)(C)C)c2oc3ccc(N(c4ccc5c(c4)C(C)(C)c4ccccc4-5)c4ccc5c(c4)oc4ccccc45)cc3c2c1. The number of benzene rings is 6. The summed E-state index contributed by atoms with van der Waals surface area (Å²) in [5.41, 5.74) is 14.6. The topological polar surface area (TPSA) is 29.5 Å². The van der Waals surface area contributed by atoms with Crippen molar-refractivity contribution in [2.24, 2.45) is 0 Å². The molecule has 0 spiro atoms. The van der Waals surface area contributed by atoms with Gasteiger partial charge in [-0.3, -0.25) is 0 Å². The van der Waals surface area contributed by atoms with Gasteiger partial charge in [-0.05, 0) is 93.2 Å². The fourth-order valence-electron chi connectivity index (χ4n) is 8.13. The van der Waals surface area contributed by atoms with Crippen LogP contribution < -0.4 is 4.90 Å². The summed E-state index contributed by atoms with van der Waals surface area (Å²) in [4.78, 5) is 2.38. The van der Waals surface area contributed by atoms with E-state index < -0.39 is 0 Å². The highest BCUT2D eigenvalue weighted by Gasteiger charge is 2.36. The van der Waals surface area contributed by atoms with Gasteiger partial charge in [-0.2, -0.15) is 0 Å². The first-order valence-corrected chi connectivity index (χ1v) is 17.8. The van der Waals surface area contributed by atoms with Gasteiger partial charge in [0.1, 0.15) is 22.3 Å². The molecule has 2 aromatic heterocycles. The third kappa shape index (κ3) is 4.56. The second kappa shape index (κ2) is 10.4. The molecule has 8 aromatic rings. The monoisotopic (exact) mass is 653 g/mol. The summed E-state index contributed by atoms with van der Waals surface area (Å²) in [7, 11) is 0. The van der Waals surface area contributed by atoms with E-state index in [0.717, 1.165) is 60.9 Å². The maximum atomic E-state index is 6.71. The molecule has 1 aliphatic rings. The van der Waals surface area contributed by atoms with Gasteiger partial charge in [0.05, 0.1) is 0 Å². The molecule has 3 heteroatoms. The molecule has 9 rings (SSSR count). The van der Waals surface area contributed by atoms with E-state index in [0.29, 0.717) is 0 Å². The predicted octanol–water partition coefficient (Wildman–Crippen LogP) is 13.9. The minimum absolute atomic E-state index is 0.00177. The third-order valence-electron chi connectivity index (χ3n) is 10.9. The van der Waals surface area contributed by atoms with E-state index in [2.05, 4.69) is 163 Å². The van der Waals surface area contributed by atoms with Gasteiger partial charge < -0.3 is 13.7 Å². The van der Waals surface area contributed by atoms with E-state index in [1.165, 1.54) is 33.4 Å². The molecule has 0 N–H and O–H groups in total. The number of nitrogens with zero attached hydrogens (tertiary/aromatic N) is 1. The fourth-order valence-corrected chi connectivity index (χ4v) is 8.13. The number of para-hydroxylation sites is 1. The Hall–Kier alpha value is -5.28. The first-order valence-electron chi connectivity index (χ1n) is 17.8. The average molecular weight is 654 g/mol. The largest absolute Gasteiger partial charge is 0.456 e. The molecule has 1 aliphatic carbocycles. The highest BCUT2D eigenvalue weighted by atomic mass is 16.3. The second-order valence-corrected chi connectivity index (χ2v) is 16.7. The van der Waals surface area contributed by atoms with Gasteiger partial charge in [0.15, 0.2) is 0 Å². The summed E-state index contributed by atoms with van der Waals surface area (Å²) < 4.78 is 13.1. The molecule has 0 unspecified atom stereocenters. The Kier molecular flexibility index (Phi) is 6.38. The van der Waals surface area contributed by atoms with Crippen molar-refractivity contribution in [1.82, 2.24) is 0 Å². The molecule has 248 valence electrons. The molecule has 0 amide bonds. The lowest BCUT2D eigenvalue weighted by molar-refractivity contribution is 0.559. The predicted molar refractivity (Wildman–Crippen MR) is 211 cm³/mol. The van der Waals surface area contributed by atoms with Gasteiger partial charge in [-0.1, -0.05) is 110 Å². The van der Waals surface area contributed by atoms with Crippen molar-refractivity contribution < 1.29 is 8.83 Å². The van der Waals surface area contributed by atoms with Crippen LogP contribution in [-0.4, -0.2) is 0 Å². The van der Waals surface area contributed by atoms with Crippen LogP contribution in [0.2, 0.25) is 0 Å². The Morgan fingerprint density at radius 3 is 1.92 bits per heavy atom. The first kappa shape index (κ1) is 30.8. The van der Waals surface area contributed by atoms with E-state index >= 15 is 0 Å². The molecule has 0 radical (unpaired) electrons. The number of furan rings is 2. The second-order valence-electron chi connectivity index (χ2n) is 16.7. The molecule has 0 aliphatic heterocycles. The third-order valence-corrected chi connectivity index (χ3v) is 10.9. The number of anilines is 3. The fraction of sp³-hybridized carbons (Fsp3) is 0.234. The van der Waals surface area contributed by atoms with Crippen molar-refractivity contribution in [1.29, 1.82) is 0 Å². The zero-order valence-electron chi connectivity index (χ0n) is 30.2. The van der Waals surface area contributed by atoms with Crippen LogP contribution >= 0.6 is 0 Å². The number of hydrogen-bond donors (Lipinski definition) is 0. The minimum Gasteiger partial charge on any atom is -0.456 e. The lowest BCUT2D eigenvalue weighted by atomic mass is 9.79. The molecule has 6 aromatic carbocycles. The van der Waals surface area contributed by atoms with E-state index in [1.807, 2.05) is 12.1 Å². The molecular formula is C47H43NO2. The molecule has 0 saturated carbocycles. The van der Waals surface area contributed by atoms with Crippen molar-refractivity contribution in [3.05, 3.63) is 138 Å². The molecule has 50 heavy (non-hydrogen) atoms. The molecule has 2 heterocycles. The van der Waals surface area contributed by atoms with Crippen LogP contribution in [0.5, 0.6) is 0 Å². The van der Waals surface area contributed by atoms with E-state index in [1.54, 1.807) is 0 Å². The molecule has 0 fully saturated rings. The van der Waals surface area contributed by atoms with Crippen LogP contribution in [-0.2, 0) is 16.2 Å². The lowest BCUT2D eigenvalue weighted by Gasteiger charge is -2.28. The average Bonchev–Trinajstić information content (AvgIpc) is 3.71. The van der Waals surface area contributed by atoms with Gasteiger partial charge in [0.25, 0.3) is 0 Å². The van der Waals surface area contributed by atoms with Crippen LogP contribution in [0.25, 0.3) is 55.0 Å². The summed E-state index contributed by atoms with van der Waals surface area (Å²) in [6.45, 7) is 18.4. The van der Waals surface area contributed by atoms with Crippen LogP contribution in [0, 0.1) is 0 Å². The number of fused-ring (bicyclic) bond motifs is 9. The van der Waals surface area contributed by atoms with Gasteiger partial charge in [-0.15, -0.1) is 0 Å². The Morgan fingerprint density at radius 2 is 1.12 bits per heavy atom. The Bertz CT molecular complexity index is 2650. The van der Waals surface area contributed by atoms with Gasteiger partial charge in [0, 0.05) is 55.7 Å². The Morgan fingerprint density at radius 1 is 0.480 bits per heavy atom. The standard InChI is InChI=1S/C47H43NO2/c1-45(2,3)28-23-37-36-25-29(19-22-42(36)50-44(37)40(24-28)46(4,5)6)48(31-18-21-35-34-14-10-12-16-41(34)49-43(35)27-31)30-17-20-33-32-13-9-11-15-38(32)47(7,8)39(33)26-30/h9-27H,1-8H3. The van der Waals surface area contributed by atoms with E-state index in [-0.39, 0.29) is 16.2 Å². The molecular weight excluding hydrogens is 611 g/mol. The van der Waals surface area contributed by atoms with Gasteiger partial charge in [-0.25, -0.2) is 0 Å². The summed E-state index contributed by atoms with van der Waals surface area (Å²) in [6.07, 6.45) is 0. The molecule has 0 atom stereocenters. The molecule has 3 nitrogen and oxygen atoms in total. The summed E-state index contributed by atoms with van der Waals surface area (Å²) in [5, 5.41) is 4.54. The van der Waals surface area contributed by atoms with E-state index in [4.69, 9.17) is 8.83 Å². The smallest absolute Gasteiger partial charge is 0.139 e. The molecule has 0 bridgehead atoms. The van der Waals surface area contributed by atoms with Crippen LogP contribution in [0.3, 0.4) is 0 Å². The lowest BCUT2D eigenvalue weighted by Crippen LogP contribution is -2.16. The summed E-state index contributed by atoms with van der Waals surface area (Å²) >= 11 is 0. The zero-order chi connectivity index (χ0) is 34.7. The van der Waals surface area contributed by atoms with Crippen LogP contribution in [0.1, 0.15) is 77.6 Å². The normalized spacial score (nSPS) is 14.2. The summed E-state index contributed by atoms with van der Waals surface area (Å²) in [5.74, 6) is 0. The van der Waals surface area contributed by atoms with Crippen molar-refractivity contribution in [2.45, 2.75) is 71.6 Å². The number of hydrogen-bond acceptors (Lipinski definition) is 3. The number of rotatable bonds is 3. The highest BCUT2D eigenvalue weighted by Crippen LogP contribution is 2.51. The van der Waals surface area contributed by atoms with Crippen LogP contribution in [0.15, 0.2) is 124 Å². The van der Waals surface area contributed by atoms with Crippen molar-refractivity contribution >= 4 is 60.9 Å². The van der Waals surface area contributed by atoms with Crippen molar-refractivity contribution in [3.63, 3.8) is 0 Å². The molecule has 0 saturated heterocycles. The maximum Gasteiger partial charge on any atom is 0.139 e. The summed E-state index contributed by atoms with van der Waals surface area (Å²) in [6, 6.07) is 42.1. The first-order chi connectivity index (χ1) is 23.8. The Labute approximate surface area is 294 Å². The zero-order valence-corrected chi connectivity index (χ0v) is 30.2. The highest BCUT2D eigenvalue weighted by molar-refractivity contribution is 6.09. The van der Waals surface area contributed by atoms with Gasteiger partial charge >= 0.3 is 0 Å².